The van der Waals surface area contributed by atoms with Gasteiger partial charge in [0, 0.05) is 11.1 Å². The van der Waals surface area contributed by atoms with E-state index in [4.69, 9.17) is 9.47 Å². The van der Waals surface area contributed by atoms with E-state index in [9.17, 15) is 0 Å². The van der Waals surface area contributed by atoms with E-state index in [1.54, 1.807) is 0 Å². The minimum absolute atomic E-state index is 0.484. The number of aryl methyl sites for hydroxylation is 6. The molecule has 2 nitrogen and oxygen atoms in total. The molecular weight excluding hydrogens is 873 g/mol. The van der Waals surface area contributed by atoms with Gasteiger partial charge in [-0.1, -0.05) is 241 Å². The molecule has 10 aromatic carbocycles. The molecule has 0 heterocycles. The van der Waals surface area contributed by atoms with Crippen LogP contribution in [0.25, 0.3) is 66.8 Å². The van der Waals surface area contributed by atoms with Gasteiger partial charge < -0.3 is 9.47 Å². The van der Waals surface area contributed by atoms with Gasteiger partial charge in [-0.15, -0.1) is 0 Å². The van der Waals surface area contributed by atoms with Crippen molar-refractivity contribution in [1.29, 1.82) is 0 Å². The van der Waals surface area contributed by atoms with Crippen molar-refractivity contribution in [2.75, 3.05) is 0 Å². The molecule has 10 rings (SSSR count). The molecule has 0 atom stereocenters. The van der Waals surface area contributed by atoms with Crippen LogP contribution in [-0.4, -0.2) is 0 Å². The lowest BCUT2D eigenvalue weighted by atomic mass is 9.89. The highest BCUT2D eigenvalue weighted by Crippen LogP contribution is 2.37. The van der Waals surface area contributed by atoms with Crippen LogP contribution in [0.1, 0.15) is 55.6 Å². The zero-order valence-electron chi connectivity index (χ0n) is 42.0. The standard InChI is InChI=1S/C70H58O2/c1-47-41-49(3)69(50(4)42-47)71-45-53-23-27-59(28-24-53)63-19-13-21-65(61-35-31-57(32-36-61)55-15-9-7-10-16-55)67(63)39-40-68-64(20-14-22-66(68)62-37-33-58(34-38-62)56-17-11-8-12-18-56)60-29-25-54(26-30-60)46-72-70-51(5)43-48(2)44-52(70)6/h7-38,41-44H,45-46H2,1-6H3. The minimum Gasteiger partial charge on any atom is -0.488 e. The Morgan fingerprint density at radius 3 is 0.847 bits per heavy atom. The second-order valence-corrected chi connectivity index (χ2v) is 19.0. The highest BCUT2D eigenvalue weighted by molar-refractivity contribution is 5.87. The topological polar surface area (TPSA) is 18.5 Å². The van der Waals surface area contributed by atoms with Crippen LogP contribution in [0.3, 0.4) is 0 Å². The number of hydrogen-bond acceptors (Lipinski definition) is 2. The van der Waals surface area contributed by atoms with Crippen LogP contribution in [0.15, 0.2) is 218 Å². The highest BCUT2D eigenvalue weighted by Gasteiger charge is 2.16. The molecule has 2 heteroatoms. The molecular formula is C70H58O2. The summed E-state index contributed by atoms with van der Waals surface area (Å²) in [6.45, 7) is 13.7. The van der Waals surface area contributed by atoms with Gasteiger partial charge in [-0.3, -0.25) is 0 Å². The first-order valence-electron chi connectivity index (χ1n) is 24.8. The zero-order valence-corrected chi connectivity index (χ0v) is 42.0. The monoisotopic (exact) mass is 930 g/mol. The van der Waals surface area contributed by atoms with Crippen LogP contribution in [0.2, 0.25) is 0 Å². The molecule has 72 heavy (non-hydrogen) atoms. The minimum atomic E-state index is 0.484. The first-order chi connectivity index (χ1) is 35.1. The van der Waals surface area contributed by atoms with E-state index in [1.165, 1.54) is 33.4 Å². The fraction of sp³-hybridized carbons (Fsp3) is 0.114. The Hall–Kier alpha value is -8.64. The van der Waals surface area contributed by atoms with Gasteiger partial charge in [0.05, 0.1) is 0 Å². The summed E-state index contributed by atoms with van der Waals surface area (Å²) in [5, 5.41) is 0. The van der Waals surface area contributed by atoms with Crippen LogP contribution in [0.4, 0.5) is 0 Å². The second-order valence-electron chi connectivity index (χ2n) is 19.0. The van der Waals surface area contributed by atoms with Crippen molar-refractivity contribution in [3.05, 3.63) is 274 Å². The van der Waals surface area contributed by atoms with Gasteiger partial charge in [0.25, 0.3) is 0 Å². The Morgan fingerprint density at radius 1 is 0.278 bits per heavy atom. The molecule has 0 aliphatic rings. The summed E-state index contributed by atoms with van der Waals surface area (Å²) in [6.07, 6.45) is 0. The third-order valence-electron chi connectivity index (χ3n) is 13.6. The average molecular weight is 931 g/mol. The van der Waals surface area contributed by atoms with Crippen LogP contribution in [0.5, 0.6) is 11.5 Å². The predicted molar refractivity (Wildman–Crippen MR) is 301 cm³/mol. The van der Waals surface area contributed by atoms with Crippen molar-refractivity contribution in [3.8, 4) is 90.1 Å². The summed E-state index contributed by atoms with van der Waals surface area (Å²) in [4.78, 5) is 0. The molecule has 0 saturated carbocycles. The zero-order chi connectivity index (χ0) is 49.6. The molecule has 0 saturated heterocycles. The molecule has 0 bridgehead atoms. The average Bonchev–Trinajstić information content (AvgIpc) is 3.40. The molecule has 0 spiro atoms. The number of ether oxygens (including phenoxy) is 2. The quantitative estimate of drug-likeness (QED) is 0.114. The van der Waals surface area contributed by atoms with Crippen molar-refractivity contribution < 1.29 is 9.47 Å². The molecule has 0 aromatic heterocycles. The largest absolute Gasteiger partial charge is 0.488 e. The van der Waals surface area contributed by atoms with E-state index in [0.29, 0.717) is 13.2 Å². The highest BCUT2D eigenvalue weighted by atomic mass is 16.5. The maximum atomic E-state index is 6.43. The van der Waals surface area contributed by atoms with E-state index in [-0.39, 0.29) is 0 Å². The fourth-order valence-corrected chi connectivity index (χ4v) is 10.1. The molecule has 0 radical (unpaired) electrons. The molecule has 0 aliphatic carbocycles. The Labute approximate surface area is 426 Å². The number of benzene rings is 10. The van der Waals surface area contributed by atoms with Crippen LogP contribution in [0, 0.1) is 53.4 Å². The molecule has 10 aromatic rings. The predicted octanol–water partition coefficient (Wildman–Crippen LogP) is 18.1. The van der Waals surface area contributed by atoms with E-state index in [2.05, 4.69) is 272 Å². The maximum Gasteiger partial charge on any atom is 0.125 e. The second kappa shape index (κ2) is 21.2. The number of hydrogen-bond donors (Lipinski definition) is 0. The normalized spacial score (nSPS) is 10.9. The third kappa shape index (κ3) is 10.4. The number of rotatable bonds is 12. The van der Waals surface area contributed by atoms with Crippen LogP contribution in [-0.2, 0) is 13.2 Å². The summed E-state index contributed by atoms with van der Waals surface area (Å²) in [5.74, 6) is 9.60. The van der Waals surface area contributed by atoms with Crippen molar-refractivity contribution in [2.24, 2.45) is 0 Å². The maximum absolute atomic E-state index is 6.43. The van der Waals surface area contributed by atoms with Gasteiger partial charge in [0.15, 0.2) is 0 Å². The Bertz CT molecular complexity index is 3290. The van der Waals surface area contributed by atoms with E-state index >= 15 is 0 Å². The van der Waals surface area contributed by atoms with E-state index in [0.717, 1.165) is 101 Å². The summed E-state index contributed by atoms with van der Waals surface area (Å²) >= 11 is 0. The van der Waals surface area contributed by atoms with Crippen molar-refractivity contribution in [3.63, 3.8) is 0 Å². The Morgan fingerprint density at radius 2 is 0.542 bits per heavy atom. The van der Waals surface area contributed by atoms with Crippen LogP contribution >= 0.6 is 0 Å². The van der Waals surface area contributed by atoms with Gasteiger partial charge >= 0.3 is 0 Å². The van der Waals surface area contributed by atoms with Gasteiger partial charge in [0.1, 0.15) is 24.7 Å². The summed E-state index contributed by atoms with van der Waals surface area (Å²) in [6, 6.07) is 78.2. The summed E-state index contributed by atoms with van der Waals surface area (Å²) in [5.41, 5.74) is 24.6. The molecule has 350 valence electrons. The van der Waals surface area contributed by atoms with Crippen LogP contribution < -0.4 is 9.47 Å². The molecule has 0 unspecified atom stereocenters. The van der Waals surface area contributed by atoms with Gasteiger partial charge in [-0.25, -0.2) is 0 Å². The summed E-state index contributed by atoms with van der Waals surface area (Å²) in [7, 11) is 0. The van der Waals surface area contributed by atoms with Gasteiger partial charge in [0.2, 0.25) is 0 Å². The van der Waals surface area contributed by atoms with Gasteiger partial charge in [-0.2, -0.15) is 0 Å². The Kier molecular flexibility index (Phi) is 13.8. The van der Waals surface area contributed by atoms with Crippen molar-refractivity contribution >= 4 is 0 Å². The molecule has 0 aliphatic heterocycles. The molecule has 0 fully saturated rings. The SMILES string of the molecule is Cc1cc(C)c(OCc2ccc(-c3cccc(-c4ccc(-c5ccccc5)cc4)c3C#Cc3c(-c4ccc(COc5c(C)cc(C)cc5C)cc4)cccc3-c3ccc(-c4ccccc4)cc3)cc2)c(C)c1. The van der Waals surface area contributed by atoms with E-state index < -0.39 is 0 Å². The van der Waals surface area contributed by atoms with E-state index in [1.807, 2.05) is 0 Å². The summed E-state index contributed by atoms with van der Waals surface area (Å²) < 4.78 is 12.9. The fourth-order valence-electron chi connectivity index (χ4n) is 10.1. The van der Waals surface area contributed by atoms with Crippen molar-refractivity contribution in [1.82, 2.24) is 0 Å². The molecule has 0 N–H and O–H groups in total. The Balaban J connectivity index is 1.07. The lowest BCUT2D eigenvalue weighted by Gasteiger charge is -2.15. The lowest BCUT2D eigenvalue weighted by molar-refractivity contribution is 0.302. The third-order valence-corrected chi connectivity index (χ3v) is 13.6. The lowest BCUT2D eigenvalue weighted by Crippen LogP contribution is -2.00. The molecule has 0 amide bonds. The first-order valence-corrected chi connectivity index (χ1v) is 24.8. The van der Waals surface area contributed by atoms with Crippen molar-refractivity contribution in [2.45, 2.75) is 54.8 Å². The van der Waals surface area contributed by atoms with Gasteiger partial charge in [-0.05, 0) is 142 Å². The first kappa shape index (κ1) is 47.1. The smallest absolute Gasteiger partial charge is 0.125 e.